The Morgan fingerprint density at radius 2 is 1.55 bits per heavy atom. The number of hydrogen-bond donors (Lipinski definition) is 3. The Kier molecular flexibility index (Phi) is 12.9. The van der Waals surface area contributed by atoms with Crippen molar-refractivity contribution in [2.75, 3.05) is 10.6 Å². The number of Topliss-reactive ketones (excluding diaryl/α,β-unsaturated/α-hetero) is 1. The molecule has 8 heteroatoms. The molecule has 40 heavy (non-hydrogen) atoms. The van der Waals surface area contributed by atoms with E-state index in [-0.39, 0.29) is 30.2 Å². The van der Waals surface area contributed by atoms with Gasteiger partial charge < -0.3 is 16.4 Å². The first-order valence-corrected chi connectivity index (χ1v) is 13.1. The van der Waals surface area contributed by atoms with Crippen molar-refractivity contribution in [3.63, 3.8) is 0 Å². The van der Waals surface area contributed by atoms with E-state index in [1.807, 2.05) is 61.5 Å². The highest BCUT2D eigenvalue weighted by atomic mass is 19.4. The molecule has 3 aromatic carbocycles. The van der Waals surface area contributed by atoms with E-state index >= 15 is 0 Å². The number of rotatable bonds is 10. The molecule has 1 amide bonds. The zero-order valence-electron chi connectivity index (χ0n) is 23.0. The average molecular weight is 552 g/mol. The number of anilines is 2. The topological polar surface area (TPSA) is 84.2 Å². The lowest BCUT2D eigenvalue weighted by Crippen LogP contribution is -2.16. The van der Waals surface area contributed by atoms with Crippen molar-refractivity contribution in [3.8, 4) is 0 Å². The van der Waals surface area contributed by atoms with E-state index in [4.69, 9.17) is 5.73 Å². The van der Waals surface area contributed by atoms with Crippen LogP contribution in [-0.2, 0) is 11.3 Å². The maximum atomic E-state index is 13.1. The van der Waals surface area contributed by atoms with Gasteiger partial charge in [0.2, 0.25) is 0 Å². The molecular weight excluding hydrogens is 515 g/mol. The number of aryl methyl sites for hydroxylation is 1. The van der Waals surface area contributed by atoms with Gasteiger partial charge in [-0.05, 0) is 67.8 Å². The first-order valence-electron chi connectivity index (χ1n) is 13.1. The summed E-state index contributed by atoms with van der Waals surface area (Å²) in [5, 5.41) is 5.66. The number of carbonyl (C=O) groups is 2. The molecule has 0 aliphatic heterocycles. The number of alkyl halides is 3. The number of benzene rings is 3. The van der Waals surface area contributed by atoms with Crippen LogP contribution < -0.4 is 16.4 Å². The number of nitrogens with one attached hydrogen (secondary N) is 2. The van der Waals surface area contributed by atoms with Crippen LogP contribution in [-0.4, -0.2) is 17.9 Å². The third-order valence-corrected chi connectivity index (χ3v) is 5.58. The van der Waals surface area contributed by atoms with Crippen LogP contribution in [0.4, 0.5) is 24.5 Å². The van der Waals surface area contributed by atoms with Crippen molar-refractivity contribution >= 4 is 23.1 Å². The van der Waals surface area contributed by atoms with Gasteiger partial charge in [0.05, 0.1) is 11.3 Å². The molecule has 0 aliphatic carbocycles. The number of carbonyl (C=O) groups excluding carboxylic acids is 2. The normalized spacial score (nSPS) is 11.8. The summed E-state index contributed by atoms with van der Waals surface area (Å²) in [6, 6.07) is 23.9. The van der Waals surface area contributed by atoms with E-state index in [1.165, 1.54) is 0 Å². The molecular formula is C32H36F3N3O2. The number of allylic oxidation sites excluding steroid dienone is 4. The SMILES string of the molecule is CC/C=C(/C=C(\Nc1cccc(CN)c1)C(=O)CCC)C(F)(F)F.Cc1cccc(C(=O)Nc2ccccc2)c1. The van der Waals surface area contributed by atoms with E-state index in [0.717, 1.165) is 29.0 Å². The lowest BCUT2D eigenvalue weighted by atomic mass is 10.1. The van der Waals surface area contributed by atoms with Crippen LogP contribution in [0.15, 0.2) is 102 Å². The Morgan fingerprint density at radius 1 is 0.875 bits per heavy atom. The number of para-hydroxylation sites is 1. The van der Waals surface area contributed by atoms with E-state index in [9.17, 15) is 22.8 Å². The molecule has 0 saturated heterocycles. The monoisotopic (exact) mass is 551 g/mol. The van der Waals surface area contributed by atoms with Crippen LogP contribution in [0, 0.1) is 6.92 Å². The summed E-state index contributed by atoms with van der Waals surface area (Å²) in [6.07, 6.45) is -1.60. The highest BCUT2D eigenvalue weighted by Gasteiger charge is 2.32. The van der Waals surface area contributed by atoms with E-state index < -0.39 is 11.7 Å². The second kappa shape index (κ2) is 16.1. The Morgan fingerprint density at radius 3 is 2.15 bits per heavy atom. The fourth-order valence-corrected chi connectivity index (χ4v) is 3.62. The Balaban J connectivity index is 0.000000302. The van der Waals surface area contributed by atoms with Crippen LogP contribution in [0.1, 0.15) is 54.6 Å². The summed E-state index contributed by atoms with van der Waals surface area (Å²) < 4.78 is 39.3. The number of ketones is 1. The molecule has 0 bridgehead atoms. The molecule has 5 nitrogen and oxygen atoms in total. The van der Waals surface area contributed by atoms with Crippen LogP contribution >= 0.6 is 0 Å². The molecule has 212 valence electrons. The highest BCUT2D eigenvalue weighted by molar-refractivity contribution is 6.04. The highest BCUT2D eigenvalue weighted by Crippen LogP contribution is 2.28. The van der Waals surface area contributed by atoms with Crippen molar-refractivity contribution in [2.24, 2.45) is 5.73 Å². The third kappa shape index (κ3) is 10.9. The van der Waals surface area contributed by atoms with Gasteiger partial charge in [-0.1, -0.05) is 68.0 Å². The number of amides is 1. The molecule has 0 fully saturated rings. The van der Waals surface area contributed by atoms with Gasteiger partial charge in [-0.15, -0.1) is 0 Å². The largest absolute Gasteiger partial charge is 0.416 e. The molecule has 0 atom stereocenters. The van der Waals surface area contributed by atoms with Crippen molar-refractivity contribution in [1.82, 2.24) is 0 Å². The van der Waals surface area contributed by atoms with Crippen molar-refractivity contribution < 1.29 is 22.8 Å². The quantitative estimate of drug-likeness (QED) is 0.176. The Bertz CT molecular complexity index is 1320. The minimum absolute atomic E-state index is 0.0666. The van der Waals surface area contributed by atoms with Crippen molar-refractivity contribution in [2.45, 2.75) is 52.8 Å². The van der Waals surface area contributed by atoms with Gasteiger partial charge >= 0.3 is 6.18 Å². The summed E-state index contributed by atoms with van der Waals surface area (Å²) in [7, 11) is 0. The second-order valence-electron chi connectivity index (χ2n) is 9.02. The van der Waals surface area contributed by atoms with Gasteiger partial charge in [0.15, 0.2) is 5.78 Å². The molecule has 0 heterocycles. The van der Waals surface area contributed by atoms with Crippen LogP contribution in [0.3, 0.4) is 0 Å². The van der Waals surface area contributed by atoms with Crippen molar-refractivity contribution in [3.05, 3.63) is 119 Å². The van der Waals surface area contributed by atoms with Gasteiger partial charge in [-0.2, -0.15) is 13.2 Å². The van der Waals surface area contributed by atoms with Crippen molar-refractivity contribution in [1.29, 1.82) is 0 Å². The lowest BCUT2D eigenvalue weighted by Gasteiger charge is -2.14. The summed E-state index contributed by atoms with van der Waals surface area (Å²) in [6.45, 7) is 5.70. The summed E-state index contributed by atoms with van der Waals surface area (Å²) >= 11 is 0. The fraction of sp³-hybridized carbons (Fsp3) is 0.250. The van der Waals surface area contributed by atoms with Gasteiger partial charge in [0, 0.05) is 29.9 Å². The fourth-order valence-electron chi connectivity index (χ4n) is 3.62. The van der Waals surface area contributed by atoms with E-state index in [0.29, 0.717) is 24.2 Å². The zero-order chi connectivity index (χ0) is 29.5. The van der Waals surface area contributed by atoms with Crippen LogP contribution in [0.5, 0.6) is 0 Å². The first-order chi connectivity index (χ1) is 19.1. The minimum Gasteiger partial charge on any atom is -0.353 e. The predicted molar refractivity (Wildman–Crippen MR) is 156 cm³/mol. The smallest absolute Gasteiger partial charge is 0.353 e. The Hall–Kier alpha value is -4.17. The third-order valence-electron chi connectivity index (χ3n) is 5.58. The van der Waals surface area contributed by atoms with Gasteiger partial charge in [-0.3, -0.25) is 9.59 Å². The summed E-state index contributed by atoms with van der Waals surface area (Å²) in [4.78, 5) is 24.1. The van der Waals surface area contributed by atoms with Crippen LogP contribution in [0.2, 0.25) is 0 Å². The minimum atomic E-state index is -4.51. The molecule has 0 aromatic heterocycles. The summed E-state index contributed by atoms with van der Waals surface area (Å²) in [5.41, 5.74) is 8.61. The molecule has 0 radical (unpaired) electrons. The molecule has 0 saturated carbocycles. The van der Waals surface area contributed by atoms with E-state index in [2.05, 4.69) is 10.6 Å². The maximum absolute atomic E-state index is 13.1. The Labute approximate surface area is 234 Å². The number of nitrogens with two attached hydrogens (primary N) is 1. The molecule has 0 spiro atoms. The first kappa shape index (κ1) is 32.0. The van der Waals surface area contributed by atoms with E-state index in [1.54, 1.807) is 38.1 Å². The van der Waals surface area contributed by atoms with Gasteiger partial charge in [-0.25, -0.2) is 0 Å². The molecule has 0 aliphatic rings. The molecule has 0 unspecified atom stereocenters. The van der Waals surface area contributed by atoms with Crippen LogP contribution in [0.25, 0.3) is 0 Å². The number of halogens is 3. The molecule has 3 rings (SSSR count). The zero-order valence-corrected chi connectivity index (χ0v) is 23.0. The molecule has 3 aromatic rings. The van der Waals surface area contributed by atoms with Gasteiger partial charge in [0.25, 0.3) is 5.91 Å². The average Bonchev–Trinajstić information content (AvgIpc) is 2.93. The molecule has 4 N–H and O–H groups in total. The standard InChI is InChI=1S/C18H23F3N2O.C14H13NO/c1-3-6-14(18(19,20)21)11-16(17(24)7-4-2)23-15-9-5-8-13(10-15)12-22;1-11-6-5-7-12(10-11)14(16)15-13-8-3-2-4-9-13/h5-6,8-11,23H,3-4,7,12,22H2,1-2H3;2-10H,1H3,(H,15,16)/b14-6-,16-11-;. The van der Waals surface area contributed by atoms with Gasteiger partial charge in [0.1, 0.15) is 0 Å². The predicted octanol–water partition coefficient (Wildman–Crippen LogP) is 7.96. The lowest BCUT2D eigenvalue weighted by molar-refractivity contribution is -0.115. The maximum Gasteiger partial charge on any atom is 0.416 e. The summed E-state index contributed by atoms with van der Waals surface area (Å²) in [5.74, 6) is -0.434. The number of hydrogen-bond acceptors (Lipinski definition) is 4. The second-order valence-corrected chi connectivity index (χ2v) is 9.02.